The lowest BCUT2D eigenvalue weighted by molar-refractivity contribution is -0.173. The van der Waals surface area contributed by atoms with Gasteiger partial charge in [-0.15, -0.1) is 11.3 Å². The van der Waals surface area contributed by atoms with E-state index in [1.807, 2.05) is 23.6 Å². The molecule has 7 heteroatoms. The zero-order chi connectivity index (χ0) is 14.0. The van der Waals surface area contributed by atoms with E-state index in [9.17, 15) is 13.2 Å². The number of thiophene rings is 1. The molecule has 2 aromatic rings. The van der Waals surface area contributed by atoms with Crippen molar-refractivity contribution in [3.8, 4) is 0 Å². The van der Waals surface area contributed by atoms with E-state index in [2.05, 4.69) is 36.6 Å². The van der Waals surface area contributed by atoms with Gasteiger partial charge in [-0.05, 0) is 38.3 Å². The average molecular weight is 418 g/mol. The second-order valence-corrected chi connectivity index (χ2v) is 6.74. The van der Waals surface area contributed by atoms with E-state index in [0.29, 0.717) is 0 Å². The lowest BCUT2D eigenvalue weighted by Gasteiger charge is -2.11. The van der Waals surface area contributed by atoms with Crippen LogP contribution in [0.25, 0.3) is 10.1 Å². The highest BCUT2D eigenvalue weighted by atomic mass is 79.9. The van der Waals surface area contributed by atoms with Crippen molar-refractivity contribution in [1.29, 1.82) is 0 Å². The SMILES string of the molecule is FC(F)(F)COCC(Br)c1csc2c(Br)cccc12. The number of alkyl halides is 4. The smallest absolute Gasteiger partial charge is 0.371 e. The van der Waals surface area contributed by atoms with Crippen LogP contribution in [-0.4, -0.2) is 19.4 Å². The minimum atomic E-state index is -4.29. The Kier molecular flexibility index (Phi) is 4.92. The van der Waals surface area contributed by atoms with Crippen molar-refractivity contribution < 1.29 is 17.9 Å². The van der Waals surface area contributed by atoms with E-state index in [4.69, 9.17) is 0 Å². The Labute approximate surface area is 129 Å². The van der Waals surface area contributed by atoms with Gasteiger partial charge in [0.2, 0.25) is 0 Å². The fourth-order valence-corrected chi connectivity index (χ4v) is 4.07. The van der Waals surface area contributed by atoms with E-state index in [1.165, 1.54) is 0 Å². The summed E-state index contributed by atoms with van der Waals surface area (Å²) >= 11 is 8.38. The largest absolute Gasteiger partial charge is 0.411 e. The van der Waals surface area contributed by atoms with Crippen LogP contribution in [0.4, 0.5) is 13.2 Å². The van der Waals surface area contributed by atoms with Crippen LogP contribution in [0.5, 0.6) is 0 Å². The predicted octanol–water partition coefficient (Wildman–Crippen LogP) is 5.68. The molecule has 0 saturated heterocycles. The molecule has 0 amide bonds. The van der Waals surface area contributed by atoms with Crippen molar-refractivity contribution in [2.75, 3.05) is 13.2 Å². The first-order chi connectivity index (χ1) is 8.88. The van der Waals surface area contributed by atoms with Gasteiger partial charge in [0.15, 0.2) is 0 Å². The van der Waals surface area contributed by atoms with Crippen molar-refractivity contribution in [2.24, 2.45) is 0 Å². The van der Waals surface area contributed by atoms with Crippen LogP contribution in [0.1, 0.15) is 10.4 Å². The van der Waals surface area contributed by atoms with E-state index < -0.39 is 12.8 Å². The molecule has 1 aromatic heterocycles. The normalized spacial score (nSPS) is 13.9. The highest BCUT2D eigenvalue weighted by Gasteiger charge is 2.28. The Morgan fingerprint density at radius 3 is 2.74 bits per heavy atom. The van der Waals surface area contributed by atoms with Crippen LogP contribution in [-0.2, 0) is 4.74 Å². The standard InChI is InChI=1S/C12H9Br2F3OS/c13-9-3-1-2-7-8(5-19-11(7)9)10(14)4-18-6-12(15,16)17/h1-3,5,10H,4,6H2. The molecule has 1 unspecified atom stereocenters. The van der Waals surface area contributed by atoms with Crippen molar-refractivity contribution in [3.05, 3.63) is 33.6 Å². The van der Waals surface area contributed by atoms with E-state index in [-0.39, 0.29) is 11.4 Å². The van der Waals surface area contributed by atoms with Crippen molar-refractivity contribution in [2.45, 2.75) is 11.0 Å². The lowest BCUT2D eigenvalue weighted by atomic mass is 10.1. The Bertz CT molecular complexity index is 568. The summed E-state index contributed by atoms with van der Waals surface area (Å²) in [5, 5.41) is 2.96. The Balaban J connectivity index is 2.09. The maximum Gasteiger partial charge on any atom is 0.411 e. The number of fused-ring (bicyclic) bond motifs is 1. The minimum absolute atomic E-state index is 0.0160. The first-order valence-corrected chi connectivity index (χ1v) is 7.91. The highest BCUT2D eigenvalue weighted by molar-refractivity contribution is 9.10. The fourth-order valence-electron chi connectivity index (χ4n) is 1.65. The molecular formula is C12H9Br2F3OS. The molecule has 0 aliphatic rings. The van der Waals surface area contributed by atoms with Gasteiger partial charge in [0.05, 0.1) is 11.4 Å². The molecule has 0 spiro atoms. The Morgan fingerprint density at radius 1 is 1.32 bits per heavy atom. The molecule has 19 heavy (non-hydrogen) atoms. The summed E-state index contributed by atoms with van der Waals surface area (Å²) in [6.45, 7) is -1.24. The van der Waals surface area contributed by atoms with Gasteiger partial charge in [0.1, 0.15) is 6.61 Å². The van der Waals surface area contributed by atoms with Gasteiger partial charge in [-0.2, -0.15) is 13.2 Å². The summed E-state index contributed by atoms with van der Waals surface area (Å²) in [7, 11) is 0. The number of hydrogen-bond acceptors (Lipinski definition) is 2. The molecule has 1 atom stereocenters. The van der Waals surface area contributed by atoms with Gasteiger partial charge in [-0.25, -0.2) is 0 Å². The molecule has 2 rings (SSSR count). The molecule has 0 aliphatic heterocycles. The molecule has 0 saturated carbocycles. The van der Waals surface area contributed by atoms with Gasteiger partial charge < -0.3 is 4.74 Å². The molecular weight excluding hydrogens is 409 g/mol. The van der Waals surface area contributed by atoms with Crippen LogP contribution in [0.3, 0.4) is 0 Å². The second-order valence-electron chi connectivity index (χ2n) is 3.91. The average Bonchev–Trinajstić information content (AvgIpc) is 2.72. The van der Waals surface area contributed by atoms with Gasteiger partial charge in [0, 0.05) is 9.17 Å². The van der Waals surface area contributed by atoms with E-state index >= 15 is 0 Å². The van der Waals surface area contributed by atoms with Gasteiger partial charge >= 0.3 is 6.18 Å². The number of halogens is 5. The second kappa shape index (κ2) is 6.11. The van der Waals surface area contributed by atoms with Crippen LogP contribution < -0.4 is 0 Å². The first kappa shape index (κ1) is 15.3. The summed E-state index contributed by atoms with van der Waals surface area (Å²) < 4.78 is 42.8. The molecule has 0 bridgehead atoms. The van der Waals surface area contributed by atoms with Gasteiger partial charge in [0.25, 0.3) is 0 Å². The summed E-state index contributed by atoms with van der Waals surface area (Å²) in [6.07, 6.45) is -4.29. The first-order valence-electron chi connectivity index (χ1n) is 5.32. The summed E-state index contributed by atoms with van der Waals surface area (Å²) in [4.78, 5) is -0.252. The van der Waals surface area contributed by atoms with Gasteiger partial charge in [-0.1, -0.05) is 28.1 Å². The summed E-state index contributed by atoms with van der Waals surface area (Å²) in [6, 6.07) is 5.79. The van der Waals surface area contributed by atoms with E-state index in [0.717, 1.165) is 20.1 Å². The zero-order valence-electron chi connectivity index (χ0n) is 9.51. The van der Waals surface area contributed by atoms with Crippen LogP contribution in [0, 0.1) is 0 Å². The third-order valence-corrected chi connectivity index (χ3v) is 5.18. The molecule has 0 N–H and O–H groups in total. The van der Waals surface area contributed by atoms with Crippen LogP contribution in [0.2, 0.25) is 0 Å². The van der Waals surface area contributed by atoms with E-state index in [1.54, 1.807) is 11.3 Å². The quantitative estimate of drug-likeness (QED) is 0.581. The zero-order valence-corrected chi connectivity index (χ0v) is 13.5. The fraction of sp³-hybridized carbons (Fsp3) is 0.333. The Morgan fingerprint density at radius 2 is 2.05 bits per heavy atom. The number of hydrogen-bond donors (Lipinski definition) is 0. The topological polar surface area (TPSA) is 9.23 Å². The molecule has 1 nitrogen and oxygen atoms in total. The third-order valence-electron chi connectivity index (χ3n) is 2.45. The highest BCUT2D eigenvalue weighted by Crippen LogP contribution is 2.38. The molecule has 0 radical (unpaired) electrons. The van der Waals surface area contributed by atoms with Crippen molar-refractivity contribution in [1.82, 2.24) is 0 Å². The molecule has 0 aliphatic carbocycles. The van der Waals surface area contributed by atoms with Crippen LogP contribution in [0.15, 0.2) is 28.1 Å². The molecule has 104 valence electrons. The third kappa shape index (κ3) is 3.93. The number of benzene rings is 1. The number of rotatable bonds is 4. The van der Waals surface area contributed by atoms with Crippen molar-refractivity contribution in [3.63, 3.8) is 0 Å². The minimum Gasteiger partial charge on any atom is -0.371 e. The maximum atomic E-state index is 12.0. The summed E-state index contributed by atoms with van der Waals surface area (Å²) in [5.41, 5.74) is 0.948. The monoisotopic (exact) mass is 416 g/mol. The van der Waals surface area contributed by atoms with Crippen molar-refractivity contribution >= 4 is 53.3 Å². The predicted molar refractivity (Wildman–Crippen MR) is 78.1 cm³/mol. The molecule has 0 fully saturated rings. The Hall–Kier alpha value is -0.110. The number of ether oxygens (including phenoxy) is 1. The molecule has 1 heterocycles. The molecule has 1 aromatic carbocycles. The van der Waals surface area contributed by atoms with Gasteiger partial charge in [-0.3, -0.25) is 0 Å². The van der Waals surface area contributed by atoms with Crippen LogP contribution >= 0.6 is 43.2 Å². The summed E-state index contributed by atoms with van der Waals surface area (Å²) in [5.74, 6) is 0. The maximum absolute atomic E-state index is 12.0. The lowest BCUT2D eigenvalue weighted by Crippen LogP contribution is -2.18.